The quantitative estimate of drug-likeness (QED) is 0.828. The Morgan fingerprint density at radius 3 is 3.00 bits per heavy atom. The monoisotopic (exact) mass is 341 g/mol. The van der Waals surface area contributed by atoms with Gasteiger partial charge in [0.15, 0.2) is 0 Å². The lowest BCUT2D eigenvalue weighted by molar-refractivity contribution is -0.134. The Morgan fingerprint density at radius 1 is 1.52 bits per heavy atom. The van der Waals surface area contributed by atoms with Gasteiger partial charge in [-0.1, -0.05) is 24.6 Å². The highest BCUT2D eigenvalue weighted by molar-refractivity contribution is 6.31. The van der Waals surface area contributed by atoms with Crippen molar-refractivity contribution in [2.75, 3.05) is 19.6 Å². The van der Waals surface area contributed by atoms with Gasteiger partial charge in [-0.2, -0.15) is 0 Å². The Morgan fingerprint density at radius 2 is 2.30 bits per heavy atom. The molecule has 7 heteroatoms. The zero-order valence-electron chi connectivity index (χ0n) is 13.1. The number of halogens is 2. The van der Waals surface area contributed by atoms with Crippen molar-refractivity contribution in [1.82, 2.24) is 15.5 Å². The molecule has 1 fully saturated rings. The Balaban J connectivity index is 2.11. The van der Waals surface area contributed by atoms with Crippen LogP contribution in [0.1, 0.15) is 25.3 Å². The number of piperazine rings is 1. The minimum Gasteiger partial charge on any atom is -0.356 e. The van der Waals surface area contributed by atoms with Crippen LogP contribution in [0.5, 0.6) is 0 Å². The summed E-state index contributed by atoms with van der Waals surface area (Å²) in [4.78, 5) is 25.8. The number of carbonyl (C=O) groups excluding carboxylic acids is 2. The summed E-state index contributed by atoms with van der Waals surface area (Å²) in [5.41, 5.74) is 0.350. The Labute approximate surface area is 140 Å². The van der Waals surface area contributed by atoms with E-state index in [-0.39, 0.29) is 24.8 Å². The van der Waals surface area contributed by atoms with E-state index in [1.54, 1.807) is 17.0 Å². The van der Waals surface area contributed by atoms with Crippen LogP contribution in [0.4, 0.5) is 4.39 Å². The molecule has 2 amide bonds. The van der Waals surface area contributed by atoms with Crippen molar-refractivity contribution in [3.8, 4) is 0 Å². The SMILES string of the molecule is CCCNC(=O)C[C@@H]1C(=O)NCCN1Cc1c(F)cccc1Cl. The molecule has 2 N–H and O–H groups in total. The number of nitrogens with one attached hydrogen (secondary N) is 2. The molecular weight excluding hydrogens is 321 g/mol. The molecule has 2 rings (SSSR count). The van der Waals surface area contributed by atoms with E-state index in [1.165, 1.54) is 6.07 Å². The first kappa shape index (κ1) is 17.7. The Bertz CT molecular complexity index is 562. The maximum atomic E-state index is 14.0. The first-order valence-electron chi connectivity index (χ1n) is 7.74. The molecule has 0 aliphatic carbocycles. The predicted molar refractivity (Wildman–Crippen MR) is 86.5 cm³/mol. The summed E-state index contributed by atoms with van der Waals surface area (Å²) in [6.45, 7) is 3.75. The molecule has 1 saturated heterocycles. The number of benzene rings is 1. The van der Waals surface area contributed by atoms with E-state index >= 15 is 0 Å². The molecule has 1 heterocycles. The Hall–Kier alpha value is -1.66. The number of rotatable bonds is 6. The number of carbonyl (C=O) groups is 2. The molecule has 0 bridgehead atoms. The van der Waals surface area contributed by atoms with E-state index < -0.39 is 11.9 Å². The average molecular weight is 342 g/mol. The molecule has 0 unspecified atom stereocenters. The van der Waals surface area contributed by atoms with Gasteiger partial charge in [0.05, 0.1) is 12.5 Å². The lowest BCUT2D eigenvalue weighted by Gasteiger charge is -2.35. The van der Waals surface area contributed by atoms with Crippen LogP contribution in [0.15, 0.2) is 18.2 Å². The summed E-state index contributed by atoms with van der Waals surface area (Å²) in [6.07, 6.45) is 0.884. The van der Waals surface area contributed by atoms with Crippen molar-refractivity contribution in [3.63, 3.8) is 0 Å². The van der Waals surface area contributed by atoms with Crippen molar-refractivity contribution < 1.29 is 14.0 Å². The second-order valence-electron chi connectivity index (χ2n) is 5.53. The standard InChI is InChI=1S/C16H21ClFN3O2/c1-2-6-19-15(22)9-14-16(23)20-7-8-21(14)10-11-12(17)4-3-5-13(11)18/h3-5,14H,2,6-10H2,1H3,(H,19,22)(H,20,23)/t14-/m1/s1. The molecule has 126 valence electrons. The molecule has 1 aromatic rings. The third-order valence-electron chi connectivity index (χ3n) is 3.82. The zero-order chi connectivity index (χ0) is 16.8. The molecule has 1 atom stereocenters. The molecule has 0 saturated carbocycles. The maximum Gasteiger partial charge on any atom is 0.237 e. The van der Waals surface area contributed by atoms with Crippen LogP contribution < -0.4 is 10.6 Å². The van der Waals surface area contributed by atoms with E-state index in [0.717, 1.165) is 6.42 Å². The van der Waals surface area contributed by atoms with Gasteiger partial charge in [0.1, 0.15) is 5.82 Å². The summed E-state index contributed by atoms with van der Waals surface area (Å²) in [6, 6.07) is 3.89. The topological polar surface area (TPSA) is 61.4 Å². The zero-order valence-corrected chi connectivity index (χ0v) is 13.8. The van der Waals surface area contributed by atoms with E-state index in [2.05, 4.69) is 10.6 Å². The second kappa shape index (κ2) is 8.26. The molecule has 1 aliphatic heterocycles. The van der Waals surface area contributed by atoms with Crippen molar-refractivity contribution in [2.45, 2.75) is 32.4 Å². The third kappa shape index (κ3) is 4.65. The van der Waals surface area contributed by atoms with Crippen LogP contribution in [0, 0.1) is 5.82 Å². The maximum absolute atomic E-state index is 14.0. The molecule has 0 aromatic heterocycles. The van der Waals surface area contributed by atoms with Gasteiger partial charge in [-0.3, -0.25) is 14.5 Å². The minimum atomic E-state index is -0.615. The van der Waals surface area contributed by atoms with E-state index in [4.69, 9.17) is 11.6 Å². The van der Waals surface area contributed by atoms with Gasteiger partial charge >= 0.3 is 0 Å². The van der Waals surface area contributed by atoms with Crippen LogP contribution >= 0.6 is 11.6 Å². The highest BCUT2D eigenvalue weighted by Gasteiger charge is 2.32. The van der Waals surface area contributed by atoms with Gasteiger partial charge in [0.2, 0.25) is 11.8 Å². The average Bonchev–Trinajstić information content (AvgIpc) is 2.52. The fraction of sp³-hybridized carbons (Fsp3) is 0.500. The van der Waals surface area contributed by atoms with E-state index in [1.807, 2.05) is 6.92 Å². The summed E-state index contributed by atoms with van der Waals surface area (Å²) >= 11 is 6.06. The molecule has 23 heavy (non-hydrogen) atoms. The van der Waals surface area contributed by atoms with Gasteiger partial charge in [0.25, 0.3) is 0 Å². The van der Waals surface area contributed by atoms with Crippen LogP contribution in [-0.2, 0) is 16.1 Å². The molecule has 0 radical (unpaired) electrons. The number of nitrogens with zero attached hydrogens (tertiary/aromatic N) is 1. The smallest absolute Gasteiger partial charge is 0.237 e. The summed E-state index contributed by atoms with van der Waals surface area (Å²) in [7, 11) is 0. The highest BCUT2D eigenvalue weighted by atomic mass is 35.5. The summed E-state index contributed by atoms with van der Waals surface area (Å²) in [5.74, 6) is -0.799. The fourth-order valence-corrected chi connectivity index (χ4v) is 2.79. The van der Waals surface area contributed by atoms with Gasteiger partial charge in [-0.25, -0.2) is 4.39 Å². The number of amides is 2. The normalized spacial score (nSPS) is 18.6. The number of hydrogen-bond donors (Lipinski definition) is 2. The largest absolute Gasteiger partial charge is 0.356 e. The van der Waals surface area contributed by atoms with Crippen molar-refractivity contribution in [1.29, 1.82) is 0 Å². The van der Waals surface area contributed by atoms with E-state index in [9.17, 15) is 14.0 Å². The third-order valence-corrected chi connectivity index (χ3v) is 4.17. The first-order valence-corrected chi connectivity index (χ1v) is 8.12. The minimum absolute atomic E-state index is 0.0535. The van der Waals surface area contributed by atoms with Crippen LogP contribution in [0.2, 0.25) is 5.02 Å². The molecule has 0 spiro atoms. The summed E-state index contributed by atoms with van der Waals surface area (Å²) in [5, 5.41) is 5.84. The lowest BCUT2D eigenvalue weighted by atomic mass is 10.1. The molecule has 1 aromatic carbocycles. The van der Waals surface area contributed by atoms with Gasteiger partial charge in [-0.15, -0.1) is 0 Å². The fourth-order valence-electron chi connectivity index (χ4n) is 2.57. The second-order valence-corrected chi connectivity index (χ2v) is 5.94. The molecule has 1 aliphatic rings. The van der Waals surface area contributed by atoms with Gasteiger partial charge < -0.3 is 10.6 Å². The Kier molecular flexibility index (Phi) is 6.36. The van der Waals surface area contributed by atoms with Gasteiger partial charge in [0, 0.05) is 36.8 Å². The lowest BCUT2D eigenvalue weighted by Crippen LogP contribution is -2.56. The van der Waals surface area contributed by atoms with Crippen molar-refractivity contribution in [3.05, 3.63) is 34.6 Å². The van der Waals surface area contributed by atoms with Crippen molar-refractivity contribution >= 4 is 23.4 Å². The predicted octanol–water partition coefficient (Wildman–Crippen LogP) is 1.70. The van der Waals surface area contributed by atoms with Crippen molar-refractivity contribution in [2.24, 2.45) is 0 Å². The van der Waals surface area contributed by atoms with Crippen LogP contribution in [0.25, 0.3) is 0 Å². The summed E-state index contributed by atoms with van der Waals surface area (Å²) < 4.78 is 14.0. The highest BCUT2D eigenvalue weighted by Crippen LogP contribution is 2.23. The first-order chi connectivity index (χ1) is 11.0. The van der Waals surface area contributed by atoms with Crippen LogP contribution in [0.3, 0.4) is 0 Å². The van der Waals surface area contributed by atoms with Crippen LogP contribution in [-0.4, -0.2) is 42.4 Å². The molecule has 5 nitrogen and oxygen atoms in total. The molecular formula is C16H21ClFN3O2. The van der Waals surface area contributed by atoms with Gasteiger partial charge in [-0.05, 0) is 18.6 Å². The number of hydrogen-bond acceptors (Lipinski definition) is 3. The van der Waals surface area contributed by atoms with E-state index in [0.29, 0.717) is 30.2 Å².